The molecule has 10 heteroatoms. The Balaban J connectivity index is 2.43. The molecular formula is C48H85NO5SSi3. The zero-order valence-corrected chi connectivity index (χ0v) is 44.5. The standard InChI is InChI=1S/C48H85NO5SSi3/c1-22-24-38(44(51)48(14,15)42(31-32-50)53-57(18,19)46(8,9)10)43(54-58(20,21)47(11,12)13)35(3)26-23-25-34(2)27-29-40(52-56(16,17)45(5,6)7)37-28-30-41-39(33-37)49-36(4)55-41/h22,27-28,30,32-33,35,38,40,42-43H,1,23-26,29,31H2,2-21H3/b34-27+/t35-,38+,40-,42-,43-/m0/s1. The van der Waals surface area contributed by atoms with Crippen LogP contribution in [0.1, 0.15) is 145 Å². The summed E-state index contributed by atoms with van der Waals surface area (Å²) in [5, 5.41) is 1.09. The van der Waals surface area contributed by atoms with Crippen LogP contribution in [0.15, 0.2) is 42.5 Å². The fourth-order valence-corrected chi connectivity index (χ4v) is 11.7. The van der Waals surface area contributed by atoms with Gasteiger partial charge >= 0.3 is 0 Å². The van der Waals surface area contributed by atoms with E-state index >= 15 is 4.79 Å². The lowest BCUT2D eigenvalue weighted by atomic mass is 9.71. The maximum absolute atomic E-state index is 15.1. The number of benzene rings is 1. The number of aromatic nitrogens is 1. The fraction of sp³-hybridized carbons (Fsp3) is 0.729. The Morgan fingerprint density at radius 2 is 1.36 bits per heavy atom. The van der Waals surface area contributed by atoms with Crippen molar-refractivity contribution in [3.8, 4) is 0 Å². The van der Waals surface area contributed by atoms with Crippen molar-refractivity contribution in [1.29, 1.82) is 0 Å². The number of nitrogens with zero attached hydrogens (tertiary/aromatic N) is 1. The molecule has 0 unspecified atom stereocenters. The first-order chi connectivity index (χ1) is 26.2. The van der Waals surface area contributed by atoms with Crippen molar-refractivity contribution in [3.05, 3.63) is 53.1 Å². The number of carbonyl (C=O) groups excluding carboxylic acids is 2. The van der Waals surface area contributed by atoms with Crippen molar-refractivity contribution >= 4 is 58.6 Å². The summed E-state index contributed by atoms with van der Waals surface area (Å²) in [6.07, 6.45) is 8.71. The first-order valence-electron chi connectivity index (χ1n) is 21.9. The van der Waals surface area contributed by atoms with Gasteiger partial charge < -0.3 is 18.1 Å². The molecule has 0 aliphatic rings. The topological polar surface area (TPSA) is 74.7 Å². The molecule has 0 aliphatic carbocycles. The Morgan fingerprint density at radius 1 is 0.828 bits per heavy atom. The van der Waals surface area contributed by atoms with Gasteiger partial charge in [0.15, 0.2) is 25.0 Å². The molecule has 0 aliphatic heterocycles. The van der Waals surface area contributed by atoms with Crippen molar-refractivity contribution in [1.82, 2.24) is 4.98 Å². The molecule has 2 aromatic rings. The first kappa shape index (κ1) is 52.6. The highest BCUT2D eigenvalue weighted by atomic mass is 32.1. The number of allylic oxidation sites excluding steroid dienone is 2. The summed E-state index contributed by atoms with van der Waals surface area (Å²) < 4.78 is 22.5. The van der Waals surface area contributed by atoms with Crippen LogP contribution in [0.4, 0.5) is 0 Å². The van der Waals surface area contributed by atoms with Gasteiger partial charge in [-0.2, -0.15) is 0 Å². The maximum Gasteiger partial charge on any atom is 0.192 e. The number of aldehydes is 1. The van der Waals surface area contributed by atoms with Crippen LogP contribution >= 0.6 is 11.3 Å². The Morgan fingerprint density at radius 3 is 1.88 bits per heavy atom. The van der Waals surface area contributed by atoms with Gasteiger partial charge in [0.2, 0.25) is 0 Å². The smallest absolute Gasteiger partial charge is 0.192 e. The monoisotopic (exact) mass is 872 g/mol. The van der Waals surface area contributed by atoms with Gasteiger partial charge in [0.25, 0.3) is 0 Å². The minimum Gasteiger partial charge on any atom is -0.413 e. The van der Waals surface area contributed by atoms with E-state index in [1.54, 1.807) is 11.3 Å². The van der Waals surface area contributed by atoms with Crippen molar-refractivity contribution in [2.24, 2.45) is 17.3 Å². The third-order valence-corrected chi connectivity index (χ3v) is 28.4. The van der Waals surface area contributed by atoms with Crippen LogP contribution in [0.25, 0.3) is 10.2 Å². The summed E-state index contributed by atoms with van der Waals surface area (Å²) in [7, 11) is -6.64. The van der Waals surface area contributed by atoms with Gasteiger partial charge in [-0.15, -0.1) is 17.9 Å². The Bertz CT molecular complexity index is 1710. The van der Waals surface area contributed by atoms with Gasteiger partial charge in [-0.05, 0) is 124 Å². The molecule has 6 nitrogen and oxygen atoms in total. The number of aryl methyl sites for hydroxylation is 1. The number of rotatable bonds is 22. The van der Waals surface area contributed by atoms with Gasteiger partial charge in [-0.3, -0.25) is 4.79 Å². The van der Waals surface area contributed by atoms with Crippen LogP contribution in [0.2, 0.25) is 54.4 Å². The number of Topliss-reactive ketones (excluding diaryl/α,β-unsaturated/α-hetero) is 1. The molecule has 5 atom stereocenters. The molecule has 0 fully saturated rings. The lowest BCUT2D eigenvalue weighted by Crippen LogP contribution is -2.54. The molecule has 0 saturated carbocycles. The summed E-state index contributed by atoms with van der Waals surface area (Å²) in [5.74, 6) is -0.179. The predicted molar refractivity (Wildman–Crippen MR) is 259 cm³/mol. The molecule has 330 valence electrons. The predicted octanol–water partition coefficient (Wildman–Crippen LogP) is 15.0. The van der Waals surface area contributed by atoms with Gasteiger partial charge in [-0.1, -0.05) is 107 Å². The summed E-state index contributed by atoms with van der Waals surface area (Å²) >= 11 is 1.74. The summed E-state index contributed by atoms with van der Waals surface area (Å²) in [6, 6.07) is 6.66. The van der Waals surface area contributed by atoms with E-state index in [2.05, 4.69) is 153 Å². The molecule has 2 rings (SSSR count). The lowest BCUT2D eigenvalue weighted by Gasteiger charge is -2.47. The normalized spacial score (nSPS) is 16.9. The molecule has 0 saturated heterocycles. The van der Waals surface area contributed by atoms with E-state index in [9.17, 15) is 4.79 Å². The summed E-state index contributed by atoms with van der Waals surface area (Å²) in [6.45, 7) is 48.5. The van der Waals surface area contributed by atoms with Gasteiger partial charge in [0.05, 0.1) is 33.5 Å². The molecule has 58 heavy (non-hydrogen) atoms. The maximum atomic E-state index is 15.1. The Hall–Kier alpha value is -1.54. The second-order valence-electron chi connectivity index (χ2n) is 22.3. The quantitative estimate of drug-likeness (QED) is 0.0666. The number of fused-ring (bicyclic) bond motifs is 1. The zero-order chi connectivity index (χ0) is 44.9. The van der Waals surface area contributed by atoms with Gasteiger partial charge in [-0.25, -0.2) is 4.98 Å². The van der Waals surface area contributed by atoms with Crippen molar-refractivity contribution < 1.29 is 22.9 Å². The van der Waals surface area contributed by atoms with Crippen LogP contribution in [-0.2, 0) is 22.9 Å². The minimum atomic E-state index is -2.29. The van der Waals surface area contributed by atoms with Crippen LogP contribution in [0, 0.1) is 24.2 Å². The third kappa shape index (κ3) is 13.7. The highest BCUT2D eigenvalue weighted by molar-refractivity contribution is 7.18. The fourth-order valence-electron chi connectivity index (χ4n) is 6.75. The molecule has 0 N–H and O–H groups in total. The van der Waals surface area contributed by atoms with Crippen molar-refractivity contribution in [2.75, 3.05) is 0 Å². The van der Waals surface area contributed by atoms with E-state index in [1.165, 1.54) is 15.8 Å². The minimum absolute atomic E-state index is 0.0288. The number of hydrogen-bond acceptors (Lipinski definition) is 7. The SMILES string of the molecule is C=CC[C@@H](C(=O)C(C)(C)[C@H](CC=O)O[Si](C)(C)C(C)(C)C)[C@@H](O[Si](C)(C)C(C)(C)C)[C@@H](C)CCC/C(C)=C/C[C@H](O[Si](C)(C)C(C)(C)C)c1ccc2sc(C)nc2c1. The zero-order valence-electron chi connectivity index (χ0n) is 40.7. The van der Waals surface area contributed by atoms with E-state index in [-0.39, 0.29) is 45.4 Å². The van der Waals surface area contributed by atoms with Crippen LogP contribution in [-0.4, -0.2) is 54.2 Å². The van der Waals surface area contributed by atoms with Crippen LogP contribution < -0.4 is 0 Å². The molecular weight excluding hydrogens is 787 g/mol. The molecule has 1 heterocycles. The number of carbonyl (C=O) groups is 2. The molecule has 0 radical (unpaired) electrons. The highest BCUT2D eigenvalue weighted by Crippen LogP contribution is 2.45. The largest absolute Gasteiger partial charge is 0.413 e. The van der Waals surface area contributed by atoms with Crippen molar-refractivity contribution in [2.45, 2.75) is 208 Å². The van der Waals surface area contributed by atoms with Crippen molar-refractivity contribution in [3.63, 3.8) is 0 Å². The Kier molecular flexibility index (Phi) is 18.2. The molecule has 0 spiro atoms. The molecule has 0 amide bonds. The Labute approximate surface area is 363 Å². The van der Waals surface area contributed by atoms with E-state index in [0.717, 1.165) is 42.5 Å². The van der Waals surface area contributed by atoms with Gasteiger partial charge in [0.1, 0.15) is 12.1 Å². The molecule has 1 aromatic heterocycles. The van der Waals surface area contributed by atoms with E-state index in [0.29, 0.717) is 6.42 Å². The van der Waals surface area contributed by atoms with Crippen LogP contribution in [0.5, 0.6) is 0 Å². The third-order valence-electron chi connectivity index (χ3n) is 14.0. The van der Waals surface area contributed by atoms with E-state index in [1.807, 2.05) is 19.9 Å². The van der Waals surface area contributed by atoms with E-state index < -0.39 is 42.4 Å². The first-order valence-corrected chi connectivity index (χ1v) is 31.4. The molecule has 1 aromatic carbocycles. The average Bonchev–Trinajstić information content (AvgIpc) is 3.45. The van der Waals surface area contributed by atoms with Crippen LogP contribution in [0.3, 0.4) is 0 Å². The number of thiazole rings is 1. The molecule has 0 bridgehead atoms. The lowest BCUT2D eigenvalue weighted by molar-refractivity contribution is -0.141. The number of ketones is 1. The van der Waals surface area contributed by atoms with Gasteiger partial charge in [0, 0.05) is 17.8 Å². The average molecular weight is 873 g/mol. The highest BCUT2D eigenvalue weighted by Gasteiger charge is 2.50. The summed E-state index contributed by atoms with van der Waals surface area (Å²) in [4.78, 5) is 32.0. The summed E-state index contributed by atoms with van der Waals surface area (Å²) in [5.41, 5.74) is 2.69. The second kappa shape index (κ2) is 20.1. The van der Waals surface area contributed by atoms with E-state index in [4.69, 9.17) is 18.3 Å². The number of hydrogen-bond donors (Lipinski definition) is 0. The second-order valence-corrected chi connectivity index (χ2v) is 37.8.